The average molecular weight is 581 g/mol. The highest BCUT2D eigenvalue weighted by atomic mass is 35.5. The number of aromatic nitrogens is 4. The summed E-state index contributed by atoms with van der Waals surface area (Å²) in [6, 6.07) is 22.4. The van der Waals surface area contributed by atoms with Crippen LogP contribution in [0.2, 0.25) is 5.15 Å². The van der Waals surface area contributed by atoms with Crippen LogP contribution in [-0.2, 0) is 26.1 Å². The van der Waals surface area contributed by atoms with E-state index in [1.807, 2.05) is 30.5 Å². The lowest BCUT2D eigenvalue weighted by Crippen LogP contribution is -2.31. The summed E-state index contributed by atoms with van der Waals surface area (Å²) in [6.45, 7) is 1.63. The Labute approximate surface area is 248 Å². The molecule has 9 heteroatoms. The third kappa shape index (κ3) is 6.40. The summed E-state index contributed by atoms with van der Waals surface area (Å²) in [7, 11) is 0. The Balaban J connectivity index is 1.19. The lowest BCUT2D eigenvalue weighted by molar-refractivity contribution is 0.0950. The molecule has 0 spiro atoms. The maximum Gasteiger partial charge on any atom is 0.251 e. The van der Waals surface area contributed by atoms with Gasteiger partial charge in [-0.1, -0.05) is 54.1 Å². The first-order chi connectivity index (χ1) is 20.5. The molecule has 7 nitrogen and oxygen atoms in total. The summed E-state index contributed by atoms with van der Waals surface area (Å²) < 4.78 is 14.4. The smallest absolute Gasteiger partial charge is 0.251 e. The number of pyridine rings is 2. The van der Waals surface area contributed by atoms with Crippen LogP contribution in [0.4, 0.5) is 4.39 Å². The number of hydrogen-bond acceptors (Lipinski definition) is 5. The van der Waals surface area contributed by atoms with Gasteiger partial charge in [0.1, 0.15) is 16.8 Å². The van der Waals surface area contributed by atoms with Gasteiger partial charge in [-0.2, -0.15) is 0 Å². The number of aromatic amines is 1. The summed E-state index contributed by atoms with van der Waals surface area (Å²) in [5, 5.41) is 3.22. The minimum absolute atomic E-state index is 0.128. The molecule has 212 valence electrons. The Morgan fingerprint density at radius 1 is 1.00 bits per heavy atom. The van der Waals surface area contributed by atoms with E-state index in [9.17, 15) is 9.18 Å². The van der Waals surface area contributed by atoms with Crippen molar-refractivity contribution in [3.63, 3.8) is 0 Å². The second kappa shape index (κ2) is 12.6. The van der Waals surface area contributed by atoms with E-state index in [4.69, 9.17) is 21.6 Å². The molecule has 2 N–H and O–H groups in total. The molecule has 1 aliphatic rings. The van der Waals surface area contributed by atoms with Crippen molar-refractivity contribution in [2.24, 2.45) is 0 Å². The number of rotatable bonds is 9. The number of benzene rings is 2. The SMILES string of the molecule is O=C(NCc1ccc(CN(Cc2nc(-c3ccccc3F)c[nH]2)C2CCCc3cccnc32)cc1)c1ccnc(Cl)c1. The predicted molar refractivity (Wildman–Crippen MR) is 160 cm³/mol. The first kappa shape index (κ1) is 27.8. The molecule has 1 unspecified atom stereocenters. The maximum atomic E-state index is 14.4. The second-order valence-corrected chi connectivity index (χ2v) is 10.8. The molecule has 1 atom stereocenters. The summed E-state index contributed by atoms with van der Waals surface area (Å²) in [6.07, 6.45) is 8.25. The number of aryl methyl sites for hydroxylation is 1. The number of carbonyl (C=O) groups excluding carboxylic acids is 1. The van der Waals surface area contributed by atoms with Crippen LogP contribution < -0.4 is 5.32 Å². The van der Waals surface area contributed by atoms with Crippen molar-refractivity contribution >= 4 is 17.5 Å². The van der Waals surface area contributed by atoms with Gasteiger partial charge in [-0.05, 0) is 66.3 Å². The van der Waals surface area contributed by atoms with Gasteiger partial charge in [-0.3, -0.25) is 14.7 Å². The molecule has 0 saturated heterocycles. The Morgan fingerprint density at radius 2 is 1.83 bits per heavy atom. The molecule has 2 aromatic carbocycles. The van der Waals surface area contributed by atoms with E-state index in [1.165, 1.54) is 17.8 Å². The van der Waals surface area contributed by atoms with Crippen LogP contribution in [0.1, 0.15) is 57.5 Å². The van der Waals surface area contributed by atoms with E-state index in [0.717, 1.165) is 41.9 Å². The lowest BCUT2D eigenvalue weighted by Gasteiger charge is -2.34. The molecule has 1 amide bonds. The van der Waals surface area contributed by atoms with E-state index < -0.39 is 0 Å². The fraction of sp³-hybridized carbons (Fsp3) is 0.212. The van der Waals surface area contributed by atoms with Crippen molar-refractivity contribution in [3.8, 4) is 11.3 Å². The standard InChI is InChI=1S/C33H30ClFN6O/c34-30-17-25(14-16-36-30)33(42)39-18-22-10-12-23(13-11-22)20-41(29-9-3-5-24-6-4-15-37-32(24)29)21-31-38-19-28(40-31)26-7-1-2-8-27(26)35/h1-2,4,6-8,10-17,19,29H,3,5,9,18,20-21H2,(H,38,40)(H,39,42). The zero-order valence-corrected chi connectivity index (χ0v) is 23.7. The monoisotopic (exact) mass is 580 g/mol. The Bertz CT molecular complexity index is 1690. The average Bonchev–Trinajstić information content (AvgIpc) is 3.48. The van der Waals surface area contributed by atoms with Gasteiger partial charge in [-0.15, -0.1) is 0 Å². The molecular weight excluding hydrogens is 551 g/mol. The van der Waals surface area contributed by atoms with Gasteiger partial charge >= 0.3 is 0 Å². The maximum absolute atomic E-state index is 14.4. The fourth-order valence-electron chi connectivity index (χ4n) is 5.48. The second-order valence-electron chi connectivity index (χ2n) is 10.4. The lowest BCUT2D eigenvalue weighted by atomic mass is 9.90. The zero-order chi connectivity index (χ0) is 28.9. The van der Waals surface area contributed by atoms with E-state index >= 15 is 0 Å². The van der Waals surface area contributed by atoms with Crippen molar-refractivity contribution in [1.29, 1.82) is 0 Å². The Morgan fingerprint density at radius 3 is 2.67 bits per heavy atom. The van der Waals surface area contributed by atoms with Crippen LogP contribution >= 0.6 is 11.6 Å². The molecule has 0 aliphatic heterocycles. The number of fused-ring (bicyclic) bond motifs is 1. The number of nitrogens with one attached hydrogen (secondary N) is 2. The van der Waals surface area contributed by atoms with Crippen LogP contribution in [0.15, 0.2) is 91.4 Å². The van der Waals surface area contributed by atoms with Crippen molar-refractivity contribution in [3.05, 3.63) is 136 Å². The van der Waals surface area contributed by atoms with Crippen molar-refractivity contribution < 1.29 is 9.18 Å². The van der Waals surface area contributed by atoms with Crippen molar-refractivity contribution in [2.75, 3.05) is 0 Å². The molecule has 0 fully saturated rings. The number of hydrogen-bond donors (Lipinski definition) is 2. The number of halogens is 2. The van der Waals surface area contributed by atoms with Gasteiger partial charge in [0.25, 0.3) is 5.91 Å². The van der Waals surface area contributed by atoms with Crippen LogP contribution in [0.3, 0.4) is 0 Å². The topological polar surface area (TPSA) is 86.8 Å². The minimum Gasteiger partial charge on any atom is -0.348 e. The highest BCUT2D eigenvalue weighted by Crippen LogP contribution is 2.35. The number of imidazole rings is 1. The Kier molecular flexibility index (Phi) is 8.35. The third-order valence-corrected chi connectivity index (χ3v) is 7.80. The molecule has 0 bridgehead atoms. The van der Waals surface area contributed by atoms with Crippen LogP contribution in [0.5, 0.6) is 0 Å². The molecule has 3 aromatic heterocycles. The Hall–Kier alpha value is -4.40. The number of amides is 1. The zero-order valence-electron chi connectivity index (χ0n) is 22.9. The third-order valence-electron chi connectivity index (χ3n) is 7.59. The van der Waals surface area contributed by atoms with Gasteiger partial charge in [0.15, 0.2) is 0 Å². The predicted octanol–water partition coefficient (Wildman–Crippen LogP) is 6.67. The number of nitrogens with zero attached hydrogens (tertiary/aromatic N) is 4. The summed E-state index contributed by atoms with van der Waals surface area (Å²) in [5.74, 6) is 0.275. The van der Waals surface area contributed by atoms with Gasteiger partial charge in [0, 0.05) is 42.8 Å². The van der Waals surface area contributed by atoms with Crippen molar-refractivity contribution in [1.82, 2.24) is 30.2 Å². The summed E-state index contributed by atoms with van der Waals surface area (Å²) in [4.78, 5) is 31.6. The molecule has 5 aromatic rings. The van der Waals surface area contributed by atoms with Gasteiger partial charge in [0.2, 0.25) is 0 Å². The summed E-state index contributed by atoms with van der Waals surface area (Å²) >= 11 is 5.92. The molecule has 0 radical (unpaired) electrons. The van der Waals surface area contributed by atoms with Gasteiger partial charge in [0.05, 0.1) is 24.0 Å². The molecule has 0 saturated carbocycles. The van der Waals surface area contributed by atoms with Crippen LogP contribution in [-0.4, -0.2) is 30.7 Å². The molecule has 42 heavy (non-hydrogen) atoms. The minimum atomic E-state index is -0.293. The molecule has 1 aliphatic carbocycles. The van der Waals surface area contributed by atoms with E-state index in [-0.39, 0.29) is 22.9 Å². The highest BCUT2D eigenvalue weighted by Gasteiger charge is 2.28. The molecule has 3 heterocycles. The van der Waals surface area contributed by atoms with Crippen LogP contribution in [0.25, 0.3) is 11.3 Å². The molecular formula is C33H30ClFN6O. The van der Waals surface area contributed by atoms with Gasteiger partial charge in [-0.25, -0.2) is 14.4 Å². The van der Waals surface area contributed by atoms with Crippen molar-refractivity contribution in [2.45, 2.75) is 44.9 Å². The largest absolute Gasteiger partial charge is 0.348 e. The normalized spacial score (nSPS) is 14.5. The number of carbonyl (C=O) groups is 1. The van der Waals surface area contributed by atoms with Gasteiger partial charge < -0.3 is 10.3 Å². The first-order valence-electron chi connectivity index (χ1n) is 14.0. The van der Waals surface area contributed by atoms with E-state index in [1.54, 1.807) is 30.5 Å². The van der Waals surface area contributed by atoms with E-state index in [2.05, 4.69) is 38.4 Å². The quantitative estimate of drug-likeness (QED) is 0.190. The van der Waals surface area contributed by atoms with E-state index in [0.29, 0.717) is 36.5 Å². The summed E-state index contributed by atoms with van der Waals surface area (Å²) in [5.41, 5.74) is 6.06. The van der Waals surface area contributed by atoms with Crippen LogP contribution in [0, 0.1) is 5.82 Å². The fourth-order valence-corrected chi connectivity index (χ4v) is 5.66. The molecule has 6 rings (SSSR count). The number of H-pyrrole nitrogens is 1. The first-order valence-corrected chi connectivity index (χ1v) is 14.4. The highest BCUT2D eigenvalue weighted by molar-refractivity contribution is 6.29.